The van der Waals surface area contributed by atoms with E-state index in [2.05, 4.69) is 15.3 Å². The molecular formula is C27H25ClF3N5O4S. The van der Waals surface area contributed by atoms with Gasteiger partial charge in [0, 0.05) is 23.3 Å². The van der Waals surface area contributed by atoms with Crippen molar-refractivity contribution in [2.75, 3.05) is 21.3 Å². The standard InChI is InChI=1S/C27H25ClF3N5O4S/c1-38-20-6-4-5-17(23(20)40-3)24-18-13-15(28)7-8-19(18)36-25(32-33-26(36)27(29,30)31)21(41-24)10-12-35-11-9-16(34-35)14-22(37)39-2/h4-9,11,13,21,24H,10,12,14H2,1-3H3/t21-,24-/m0/s1. The minimum atomic E-state index is -4.75. The van der Waals surface area contributed by atoms with Crippen molar-refractivity contribution >= 4 is 29.3 Å². The molecule has 0 radical (unpaired) electrons. The third-order valence-corrected chi connectivity index (χ3v) is 8.42. The van der Waals surface area contributed by atoms with E-state index >= 15 is 0 Å². The maximum absolute atomic E-state index is 14.2. The summed E-state index contributed by atoms with van der Waals surface area (Å²) >= 11 is 7.81. The number of methoxy groups -OCH3 is 3. The number of halogens is 4. The molecule has 1 aliphatic heterocycles. The molecule has 0 saturated heterocycles. The Balaban J connectivity index is 1.62. The highest BCUT2D eigenvalue weighted by Gasteiger charge is 2.43. The van der Waals surface area contributed by atoms with E-state index in [0.717, 1.165) is 4.57 Å². The van der Waals surface area contributed by atoms with Crippen molar-refractivity contribution < 1.29 is 32.2 Å². The molecule has 3 heterocycles. The van der Waals surface area contributed by atoms with Crippen molar-refractivity contribution in [1.82, 2.24) is 24.5 Å². The lowest BCUT2D eigenvalue weighted by molar-refractivity contribution is -0.146. The number of thioether (sulfide) groups is 1. The van der Waals surface area contributed by atoms with Crippen molar-refractivity contribution in [3.8, 4) is 17.2 Å². The number of rotatable bonds is 8. The maximum Gasteiger partial charge on any atom is 0.452 e. The maximum atomic E-state index is 14.2. The average Bonchev–Trinajstić information content (AvgIpc) is 3.57. The second kappa shape index (κ2) is 11.6. The van der Waals surface area contributed by atoms with Crippen LogP contribution in [0.5, 0.6) is 11.5 Å². The Morgan fingerprint density at radius 2 is 1.88 bits per heavy atom. The fraction of sp³-hybridized carbons (Fsp3) is 0.333. The van der Waals surface area contributed by atoms with Gasteiger partial charge in [0.15, 0.2) is 17.3 Å². The molecule has 0 fully saturated rings. The van der Waals surface area contributed by atoms with Crippen LogP contribution in [0.3, 0.4) is 0 Å². The molecule has 0 saturated carbocycles. The van der Waals surface area contributed by atoms with Crippen molar-refractivity contribution in [3.63, 3.8) is 0 Å². The highest BCUT2D eigenvalue weighted by atomic mass is 35.5. The predicted molar refractivity (Wildman–Crippen MR) is 146 cm³/mol. The van der Waals surface area contributed by atoms with Gasteiger partial charge in [-0.05, 0) is 42.3 Å². The molecule has 2 atom stereocenters. The first-order chi connectivity index (χ1) is 19.6. The molecule has 14 heteroatoms. The first kappa shape index (κ1) is 28.8. The number of aryl methyl sites for hydroxylation is 1. The zero-order valence-corrected chi connectivity index (χ0v) is 23.8. The zero-order valence-electron chi connectivity index (χ0n) is 22.2. The van der Waals surface area contributed by atoms with E-state index in [9.17, 15) is 18.0 Å². The minimum absolute atomic E-state index is 0.0126. The summed E-state index contributed by atoms with van der Waals surface area (Å²) in [6.07, 6.45) is -2.68. The molecule has 0 N–H and O–H groups in total. The Hall–Kier alpha value is -3.71. The number of carbonyl (C=O) groups excluding carboxylic acids is 1. The molecule has 41 heavy (non-hydrogen) atoms. The van der Waals surface area contributed by atoms with Gasteiger partial charge in [-0.3, -0.25) is 14.0 Å². The van der Waals surface area contributed by atoms with Crippen LogP contribution in [0.1, 0.15) is 45.4 Å². The molecule has 4 aromatic rings. The van der Waals surface area contributed by atoms with Gasteiger partial charge < -0.3 is 14.2 Å². The van der Waals surface area contributed by atoms with Gasteiger partial charge in [0.2, 0.25) is 5.82 Å². The Bertz CT molecular complexity index is 1570. The molecule has 2 aromatic heterocycles. The largest absolute Gasteiger partial charge is 0.493 e. The molecule has 0 bridgehead atoms. The van der Waals surface area contributed by atoms with Crippen LogP contribution in [0.25, 0.3) is 5.69 Å². The molecule has 0 amide bonds. The van der Waals surface area contributed by atoms with Gasteiger partial charge in [-0.2, -0.15) is 18.3 Å². The molecular weight excluding hydrogens is 583 g/mol. The van der Waals surface area contributed by atoms with Crippen LogP contribution in [0.2, 0.25) is 5.02 Å². The number of nitrogens with zero attached hydrogens (tertiary/aromatic N) is 5. The van der Waals surface area contributed by atoms with E-state index in [4.69, 9.17) is 25.8 Å². The number of benzene rings is 2. The molecule has 216 valence electrons. The van der Waals surface area contributed by atoms with Crippen LogP contribution in [0.4, 0.5) is 13.2 Å². The Kier molecular flexibility index (Phi) is 8.18. The van der Waals surface area contributed by atoms with E-state index in [1.54, 1.807) is 47.3 Å². The minimum Gasteiger partial charge on any atom is -0.493 e. The molecule has 5 rings (SSSR count). The van der Waals surface area contributed by atoms with Crippen molar-refractivity contribution in [2.45, 2.75) is 36.1 Å². The smallest absolute Gasteiger partial charge is 0.452 e. The van der Waals surface area contributed by atoms with Crippen LogP contribution < -0.4 is 9.47 Å². The number of alkyl halides is 3. The zero-order chi connectivity index (χ0) is 29.3. The van der Waals surface area contributed by atoms with Crippen LogP contribution in [-0.2, 0) is 28.7 Å². The van der Waals surface area contributed by atoms with Gasteiger partial charge in [0.1, 0.15) is 0 Å². The Morgan fingerprint density at radius 1 is 1.07 bits per heavy atom. The third kappa shape index (κ3) is 5.73. The normalized spacial score (nSPS) is 16.5. The Morgan fingerprint density at radius 3 is 2.59 bits per heavy atom. The lowest BCUT2D eigenvalue weighted by Crippen LogP contribution is -2.16. The number of para-hydroxylation sites is 1. The number of fused-ring (bicyclic) bond motifs is 3. The molecule has 1 aliphatic rings. The van der Waals surface area contributed by atoms with E-state index in [1.165, 1.54) is 33.1 Å². The monoisotopic (exact) mass is 607 g/mol. The Labute approximate surface area is 242 Å². The number of esters is 1. The summed E-state index contributed by atoms with van der Waals surface area (Å²) in [6, 6.07) is 11.9. The van der Waals surface area contributed by atoms with E-state index < -0.39 is 28.5 Å². The van der Waals surface area contributed by atoms with E-state index in [0.29, 0.717) is 46.3 Å². The summed E-state index contributed by atoms with van der Waals surface area (Å²) in [5.74, 6) is -0.448. The highest BCUT2D eigenvalue weighted by Crippen LogP contribution is 2.54. The van der Waals surface area contributed by atoms with Crippen LogP contribution in [0.15, 0.2) is 48.7 Å². The quantitative estimate of drug-likeness (QED) is 0.231. The van der Waals surface area contributed by atoms with Gasteiger partial charge in [0.05, 0.1) is 49.6 Å². The second-order valence-electron chi connectivity index (χ2n) is 9.12. The topological polar surface area (TPSA) is 93.3 Å². The number of hydrogen-bond acceptors (Lipinski definition) is 8. The van der Waals surface area contributed by atoms with Crippen molar-refractivity contribution in [2.24, 2.45) is 0 Å². The third-order valence-electron chi connectivity index (χ3n) is 6.63. The average molecular weight is 608 g/mol. The summed E-state index contributed by atoms with van der Waals surface area (Å²) in [4.78, 5) is 11.6. The fourth-order valence-electron chi connectivity index (χ4n) is 4.81. The molecule has 9 nitrogen and oxygen atoms in total. The SMILES string of the molecule is COC(=O)Cc1ccn(CC[C@@H]2S[C@@H](c3cccc(OC)c3OC)c3cc(Cl)ccc3-n3c2nnc3C(F)(F)F)n1. The lowest BCUT2D eigenvalue weighted by Gasteiger charge is -2.24. The lowest BCUT2D eigenvalue weighted by atomic mass is 10.0. The molecule has 2 aromatic carbocycles. The molecule has 0 aliphatic carbocycles. The number of carbonyl (C=O) groups is 1. The van der Waals surface area contributed by atoms with E-state index in [-0.39, 0.29) is 17.9 Å². The van der Waals surface area contributed by atoms with Crippen LogP contribution in [0, 0.1) is 0 Å². The second-order valence-corrected chi connectivity index (χ2v) is 10.9. The summed E-state index contributed by atoms with van der Waals surface area (Å²) < 4.78 is 61.3. The van der Waals surface area contributed by atoms with Gasteiger partial charge in [-0.1, -0.05) is 23.7 Å². The molecule has 0 unspecified atom stereocenters. The fourth-order valence-corrected chi connectivity index (χ4v) is 6.50. The summed E-state index contributed by atoms with van der Waals surface area (Å²) in [7, 11) is 4.33. The summed E-state index contributed by atoms with van der Waals surface area (Å²) in [6.45, 7) is 0.339. The first-order valence-electron chi connectivity index (χ1n) is 12.4. The summed E-state index contributed by atoms with van der Waals surface area (Å²) in [5, 5.41) is 11.3. The van der Waals surface area contributed by atoms with Crippen molar-refractivity contribution in [1.29, 1.82) is 0 Å². The number of ether oxygens (including phenoxy) is 3. The predicted octanol–water partition coefficient (Wildman–Crippen LogP) is 5.84. The summed E-state index contributed by atoms with van der Waals surface area (Å²) in [5.41, 5.74) is 2.04. The van der Waals surface area contributed by atoms with Crippen LogP contribution >= 0.6 is 23.4 Å². The number of aromatic nitrogens is 5. The molecule has 0 spiro atoms. The van der Waals surface area contributed by atoms with Gasteiger partial charge >= 0.3 is 12.1 Å². The number of hydrogen-bond donors (Lipinski definition) is 0. The van der Waals surface area contributed by atoms with E-state index in [1.807, 2.05) is 6.07 Å². The van der Waals surface area contributed by atoms with Crippen molar-refractivity contribution in [3.05, 3.63) is 82.2 Å². The highest BCUT2D eigenvalue weighted by molar-refractivity contribution is 8.00. The van der Waals surface area contributed by atoms with Crippen LogP contribution in [-0.4, -0.2) is 51.8 Å². The van der Waals surface area contributed by atoms with Gasteiger partial charge in [-0.25, -0.2) is 0 Å². The van der Waals surface area contributed by atoms with Gasteiger partial charge in [0.25, 0.3) is 0 Å². The first-order valence-corrected chi connectivity index (χ1v) is 13.7. The van der Waals surface area contributed by atoms with Gasteiger partial charge in [-0.15, -0.1) is 22.0 Å².